The zero-order valence-electron chi connectivity index (χ0n) is 20.5. The average molecular weight is 627 g/mol. The first kappa shape index (κ1) is 25.8. The summed E-state index contributed by atoms with van der Waals surface area (Å²) in [5.74, 6) is 0.993. The first-order chi connectivity index (χ1) is 19.1. The molecule has 0 spiro atoms. The summed E-state index contributed by atoms with van der Waals surface area (Å²) in [5.41, 5.74) is 5.85. The SMILES string of the molecule is O=C(Oc1ccc(/C=N\Nc2nc(Nc3ccccc3)nc(Nc3ccccc3)n2)cc1)c1ccccc1I. The van der Waals surface area contributed by atoms with Crippen LogP contribution < -0.4 is 20.8 Å². The van der Waals surface area contributed by atoms with Crippen molar-refractivity contribution in [2.24, 2.45) is 5.10 Å². The van der Waals surface area contributed by atoms with Gasteiger partial charge in [0, 0.05) is 14.9 Å². The molecule has 39 heavy (non-hydrogen) atoms. The van der Waals surface area contributed by atoms with Crippen molar-refractivity contribution < 1.29 is 9.53 Å². The molecule has 10 heteroatoms. The summed E-state index contributed by atoms with van der Waals surface area (Å²) in [6.07, 6.45) is 1.62. The van der Waals surface area contributed by atoms with Gasteiger partial charge in [0.2, 0.25) is 17.8 Å². The highest BCUT2D eigenvalue weighted by atomic mass is 127. The number of para-hydroxylation sites is 2. The molecule has 0 unspecified atom stereocenters. The fourth-order valence-corrected chi connectivity index (χ4v) is 4.02. The Balaban J connectivity index is 1.27. The van der Waals surface area contributed by atoms with E-state index in [4.69, 9.17) is 4.74 Å². The van der Waals surface area contributed by atoms with Crippen LogP contribution in [0.1, 0.15) is 15.9 Å². The van der Waals surface area contributed by atoms with Gasteiger partial charge in [0.15, 0.2) is 0 Å². The molecule has 0 saturated carbocycles. The van der Waals surface area contributed by atoms with Gasteiger partial charge in [0.1, 0.15) is 5.75 Å². The molecule has 1 aromatic heterocycles. The fraction of sp³-hybridized carbons (Fsp3) is 0. The van der Waals surface area contributed by atoms with E-state index in [1.807, 2.05) is 72.8 Å². The second-order valence-electron chi connectivity index (χ2n) is 8.10. The summed E-state index contributed by atoms with van der Waals surface area (Å²) in [6.45, 7) is 0. The molecule has 1 heterocycles. The minimum atomic E-state index is -0.405. The molecule has 9 nitrogen and oxygen atoms in total. The molecule has 0 bridgehead atoms. The van der Waals surface area contributed by atoms with Crippen LogP contribution in [0.15, 0.2) is 114 Å². The molecule has 0 aliphatic heterocycles. The fourth-order valence-electron chi connectivity index (χ4n) is 3.41. The van der Waals surface area contributed by atoms with E-state index < -0.39 is 5.97 Å². The molecular formula is C29H22IN7O2. The van der Waals surface area contributed by atoms with Gasteiger partial charge in [-0.3, -0.25) is 0 Å². The van der Waals surface area contributed by atoms with Crippen LogP contribution in [-0.2, 0) is 0 Å². The van der Waals surface area contributed by atoms with Crippen LogP contribution in [0.4, 0.5) is 29.2 Å². The largest absolute Gasteiger partial charge is 0.423 e. The molecule has 3 N–H and O–H groups in total. The predicted octanol–water partition coefficient (Wildman–Crippen LogP) is 6.63. The van der Waals surface area contributed by atoms with Crippen LogP contribution in [0.2, 0.25) is 0 Å². The normalized spacial score (nSPS) is 10.7. The molecular weight excluding hydrogens is 605 g/mol. The van der Waals surface area contributed by atoms with Gasteiger partial charge in [-0.25, -0.2) is 10.2 Å². The van der Waals surface area contributed by atoms with Crippen LogP contribution in [0.3, 0.4) is 0 Å². The molecule has 4 aromatic carbocycles. The first-order valence-corrected chi connectivity index (χ1v) is 13.0. The van der Waals surface area contributed by atoms with E-state index in [0.717, 1.165) is 20.5 Å². The van der Waals surface area contributed by atoms with Gasteiger partial charge in [0.25, 0.3) is 0 Å². The Morgan fingerprint density at radius 1 is 0.692 bits per heavy atom. The Morgan fingerprint density at radius 3 is 1.82 bits per heavy atom. The third-order valence-electron chi connectivity index (χ3n) is 5.26. The zero-order valence-corrected chi connectivity index (χ0v) is 22.6. The summed E-state index contributed by atoms with van der Waals surface area (Å²) in [7, 11) is 0. The molecule has 192 valence electrons. The van der Waals surface area contributed by atoms with E-state index in [1.54, 1.807) is 42.6 Å². The molecule has 0 saturated heterocycles. The molecule has 0 fully saturated rings. The minimum absolute atomic E-state index is 0.251. The number of aromatic nitrogens is 3. The lowest BCUT2D eigenvalue weighted by Gasteiger charge is -2.10. The number of benzene rings is 4. The van der Waals surface area contributed by atoms with Crippen LogP contribution in [0, 0.1) is 3.57 Å². The number of rotatable bonds is 9. The summed E-state index contributed by atoms with van der Waals surface area (Å²) in [6, 6.07) is 33.5. The third kappa shape index (κ3) is 7.36. The number of nitrogens with zero attached hydrogens (tertiary/aromatic N) is 4. The van der Waals surface area contributed by atoms with Gasteiger partial charge < -0.3 is 15.4 Å². The molecule has 0 amide bonds. The highest BCUT2D eigenvalue weighted by molar-refractivity contribution is 14.1. The number of ether oxygens (including phenoxy) is 1. The summed E-state index contributed by atoms with van der Waals surface area (Å²) in [4.78, 5) is 25.8. The van der Waals surface area contributed by atoms with E-state index in [0.29, 0.717) is 23.2 Å². The van der Waals surface area contributed by atoms with Crippen molar-refractivity contribution in [3.63, 3.8) is 0 Å². The van der Waals surface area contributed by atoms with E-state index in [9.17, 15) is 4.79 Å². The standard InChI is InChI=1S/C29H22IN7O2/c30-25-14-8-7-13-24(25)26(38)39-23-17-15-20(16-18-23)19-31-37-29-35-27(32-21-9-3-1-4-10-21)34-28(36-29)33-22-11-5-2-6-12-22/h1-19H,(H3,32,33,34,35,36,37)/b31-19-. The number of carbonyl (C=O) groups is 1. The topological polar surface area (TPSA) is 113 Å². The van der Waals surface area contributed by atoms with Gasteiger partial charge in [-0.2, -0.15) is 20.1 Å². The molecule has 5 aromatic rings. The molecule has 0 aliphatic carbocycles. The first-order valence-electron chi connectivity index (χ1n) is 11.9. The lowest BCUT2D eigenvalue weighted by Crippen LogP contribution is -2.10. The number of hydrogen-bond donors (Lipinski definition) is 3. The van der Waals surface area contributed by atoms with Crippen molar-refractivity contribution in [2.75, 3.05) is 16.1 Å². The Morgan fingerprint density at radius 2 is 1.23 bits per heavy atom. The number of hydrazone groups is 1. The van der Waals surface area contributed by atoms with Gasteiger partial charge in [-0.15, -0.1) is 0 Å². The smallest absolute Gasteiger partial charge is 0.344 e. The van der Waals surface area contributed by atoms with Gasteiger partial charge >= 0.3 is 5.97 Å². The van der Waals surface area contributed by atoms with Crippen molar-refractivity contribution in [1.82, 2.24) is 15.0 Å². The lowest BCUT2D eigenvalue weighted by atomic mass is 10.2. The number of anilines is 5. The Hall–Kier alpha value is -4.84. The predicted molar refractivity (Wildman–Crippen MR) is 161 cm³/mol. The Labute approximate surface area is 238 Å². The van der Waals surface area contributed by atoms with E-state index >= 15 is 0 Å². The van der Waals surface area contributed by atoms with Gasteiger partial charge in [-0.1, -0.05) is 48.5 Å². The van der Waals surface area contributed by atoms with Crippen molar-refractivity contribution in [2.45, 2.75) is 0 Å². The number of esters is 1. The van der Waals surface area contributed by atoms with Gasteiger partial charge in [-0.05, 0) is 88.8 Å². The Kier molecular flexibility index (Phi) is 8.34. The number of halogens is 1. The van der Waals surface area contributed by atoms with Crippen molar-refractivity contribution >= 4 is 64.0 Å². The highest BCUT2D eigenvalue weighted by Gasteiger charge is 2.12. The van der Waals surface area contributed by atoms with Crippen LogP contribution in [-0.4, -0.2) is 27.1 Å². The third-order valence-corrected chi connectivity index (χ3v) is 6.20. The quantitative estimate of drug-likeness (QED) is 0.0549. The average Bonchev–Trinajstić information content (AvgIpc) is 2.95. The zero-order chi connectivity index (χ0) is 26.9. The second-order valence-corrected chi connectivity index (χ2v) is 9.26. The van der Waals surface area contributed by atoms with Crippen molar-refractivity contribution in [3.8, 4) is 5.75 Å². The summed E-state index contributed by atoms with van der Waals surface area (Å²) in [5, 5.41) is 10.6. The van der Waals surface area contributed by atoms with Crippen molar-refractivity contribution in [1.29, 1.82) is 0 Å². The summed E-state index contributed by atoms with van der Waals surface area (Å²) >= 11 is 2.11. The van der Waals surface area contributed by atoms with Crippen LogP contribution in [0.25, 0.3) is 0 Å². The molecule has 5 rings (SSSR count). The highest BCUT2D eigenvalue weighted by Crippen LogP contribution is 2.19. The maximum absolute atomic E-state index is 12.4. The molecule has 0 radical (unpaired) electrons. The van der Waals surface area contributed by atoms with Crippen molar-refractivity contribution in [3.05, 3.63) is 124 Å². The van der Waals surface area contributed by atoms with Crippen LogP contribution >= 0.6 is 22.6 Å². The van der Waals surface area contributed by atoms with Gasteiger partial charge in [0.05, 0.1) is 11.8 Å². The maximum Gasteiger partial charge on any atom is 0.344 e. The van der Waals surface area contributed by atoms with E-state index in [-0.39, 0.29) is 5.95 Å². The number of nitrogens with one attached hydrogen (secondary N) is 3. The molecule has 0 atom stereocenters. The molecule has 0 aliphatic rings. The minimum Gasteiger partial charge on any atom is -0.423 e. The lowest BCUT2D eigenvalue weighted by molar-refractivity contribution is 0.0733. The number of hydrogen-bond acceptors (Lipinski definition) is 9. The number of carbonyl (C=O) groups excluding carboxylic acids is 1. The Bertz CT molecular complexity index is 1520. The second kappa shape index (κ2) is 12.6. The van der Waals surface area contributed by atoms with E-state index in [1.165, 1.54) is 0 Å². The maximum atomic E-state index is 12.4. The van der Waals surface area contributed by atoms with Crippen LogP contribution in [0.5, 0.6) is 5.75 Å². The summed E-state index contributed by atoms with van der Waals surface area (Å²) < 4.78 is 6.32. The monoisotopic (exact) mass is 627 g/mol. The van der Waals surface area contributed by atoms with E-state index in [2.05, 4.69) is 58.7 Å².